The van der Waals surface area contributed by atoms with Crippen molar-refractivity contribution in [1.82, 2.24) is 4.98 Å². The summed E-state index contributed by atoms with van der Waals surface area (Å²) in [6.07, 6.45) is 2.75. The van der Waals surface area contributed by atoms with Gasteiger partial charge in [-0.1, -0.05) is 39.0 Å². The molecule has 0 saturated heterocycles. The Kier molecular flexibility index (Phi) is 4.90. The van der Waals surface area contributed by atoms with Crippen molar-refractivity contribution in [3.05, 3.63) is 65.8 Å². The maximum Gasteiger partial charge on any atom is 0.266 e. The summed E-state index contributed by atoms with van der Waals surface area (Å²) >= 11 is 0. The molecule has 0 aliphatic carbocycles. The third-order valence-electron chi connectivity index (χ3n) is 4.28. The van der Waals surface area contributed by atoms with Gasteiger partial charge in [-0.2, -0.15) is 0 Å². The Morgan fingerprint density at radius 1 is 1.07 bits per heavy atom. The summed E-state index contributed by atoms with van der Waals surface area (Å²) in [6, 6.07) is 10.9. The molecule has 0 radical (unpaired) electrons. The van der Waals surface area contributed by atoms with E-state index >= 15 is 0 Å². The maximum atomic E-state index is 13.3. The van der Waals surface area contributed by atoms with Crippen LogP contribution >= 0.6 is 0 Å². The Bertz CT molecular complexity index is 1050. The molecular weight excluding hydrogens is 384 g/mol. The van der Waals surface area contributed by atoms with Crippen molar-refractivity contribution in [2.24, 2.45) is 0 Å². The third kappa shape index (κ3) is 4.06. The zero-order valence-electron chi connectivity index (χ0n) is 15.4. The Balaban J connectivity index is 2.07. The van der Waals surface area contributed by atoms with Gasteiger partial charge in [0.15, 0.2) is 9.84 Å². The number of nitrogens with zero attached hydrogens (tertiary/aromatic N) is 2. The molecule has 1 aromatic heterocycles. The van der Waals surface area contributed by atoms with Crippen LogP contribution in [-0.4, -0.2) is 33.6 Å². The van der Waals surface area contributed by atoms with Gasteiger partial charge in [0, 0.05) is 22.7 Å². The zero-order chi connectivity index (χ0) is 19.9. The normalized spacial score (nSPS) is 19.1. The van der Waals surface area contributed by atoms with E-state index in [4.69, 9.17) is 0 Å². The van der Waals surface area contributed by atoms with Crippen molar-refractivity contribution >= 4 is 25.5 Å². The fourth-order valence-corrected chi connectivity index (χ4v) is 5.79. The standard InChI is InChI=1S/C19H22N2O4S2/c1-19(2,3)18-10-9-17(13-20-18)27(24,25)21(15-7-5-4-6-8-15)16-11-12-26(22,23)14-16/h4-13,16H,14H2,1-3H3. The Labute approximate surface area is 160 Å². The summed E-state index contributed by atoms with van der Waals surface area (Å²) in [5, 5.41) is 1.07. The van der Waals surface area contributed by atoms with E-state index in [9.17, 15) is 16.8 Å². The smallest absolute Gasteiger partial charge is 0.259 e. The van der Waals surface area contributed by atoms with Crippen LogP contribution in [0.3, 0.4) is 0 Å². The molecule has 27 heavy (non-hydrogen) atoms. The second-order valence-electron chi connectivity index (χ2n) is 7.49. The Hall–Kier alpha value is -2.19. The van der Waals surface area contributed by atoms with Gasteiger partial charge in [0.25, 0.3) is 10.0 Å². The van der Waals surface area contributed by atoms with Crippen molar-refractivity contribution < 1.29 is 16.8 Å². The lowest BCUT2D eigenvalue weighted by atomic mass is 9.92. The van der Waals surface area contributed by atoms with E-state index in [1.54, 1.807) is 36.4 Å². The number of pyridine rings is 1. The predicted octanol–water partition coefficient (Wildman–Crippen LogP) is 2.89. The molecule has 2 heterocycles. The number of sulfonamides is 1. The average molecular weight is 407 g/mol. The highest BCUT2D eigenvalue weighted by molar-refractivity contribution is 7.95. The van der Waals surface area contributed by atoms with Crippen molar-refractivity contribution in [2.45, 2.75) is 37.1 Å². The number of hydrogen-bond donors (Lipinski definition) is 0. The SMILES string of the molecule is CC(C)(C)c1ccc(S(=O)(=O)N(c2ccccc2)C2C=CS(=O)(=O)C2)cn1. The second kappa shape index (κ2) is 6.76. The van der Waals surface area contributed by atoms with E-state index in [0.717, 1.165) is 15.4 Å². The van der Waals surface area contributed by atoms with Crippen LogP contribution in [0, 0.1) is 0 Å². The molecule has 0 spiro atoms. The van der Waals surface area contributed by atoms with Crippen LogP contribution in [0.5, 0.6) is 0 Å². The van der Waals surface area contributed by atoms with E-state index < -0.39 is 25.9 Å². The van der Waals surface area contributed by atoms with Crippen LogP contribution in [0.25, 0.3) is 0 Å². The van der Waals surface area contributed by atoms with Crippen molar-refractivity contribution in [1.29, 1.82) is 0 Å². The molecule has 1 unspecified atom stereocenters. The molecule has 1 atom stereocenters. The molecule has 8 heteroatoms. The highest BCUT2D eigenvalue weighted by Crippen LogP contribution is 2.30. The lowest BCUT2D eigenvalue weighted by Crippen LogP contribution is -2.41. The Morgan fingerprint density at radius 2 is 1.74 bits per heavy atom. The fraction of sp³-hybridized carbons (Fsp3) is 0.316. The third-order valence-corrected chi connectivity index (χ3v) is 7.50. The number of benzene rings is 1. The first-order chi connectivity index (χ1) is 12.5. The lowest BCUT2D eigenvalue weighted by Gasteiger charge is -2.29. The van der Waals surface area contributed by atoms with Crippen molar-refractivity contribution in [3.8, 4) is 0 Å². The van der Waals surface area contributed by atoms with E-state index in [0.29, 0.717) is 5.69 Å². The molecule has 0 amide bonds. The van der Waals surface area contributed by atoms with Crippen molar-refractivity contribution in [2.75, 3.05) is 10.1 Å². The number of anilines is 1. The number of hydrogen-bond acceptors (Lipinski definition) is 5. The zero-order valence-corrected chi connectivity index (χ0v) is 17.0. The van der Waals surface area contributed by atoms with Crippen molar-refractivity contribution in [3.63, 3.8) is 0 Å². The van der Waals surface area contributed by atoms with E-state index in [-0.39, 0.29) is 16.1 Å². The molecule has 0 saturated carbocycles. The fourth-order valence-electron chi connectivity index (χ4n) is 2.88. The van der Waals surface area contributed by atoms with Crippen LogP contribution in [0.4, 0.5) is 5.69 Å². The summed E-state index contributed by atoms with van der Waals surface area (Å²) in [4.78, 5) is 4.33. The highest BCUT2D eigenvalue weighted by atomic mass is 32.2. The molecule has 3 rings (SSSR count). The van der Waals surface area contributed by atoms with E-state index in [1.807, 2.05) is 20.8 Å². The van der Waals surface area contributed by atoms with Gasteiger partial charge in [0.05, 0.1) is 17.5 Å². The number of rotatable bonds is 4. The first-order valence-electron chi connectivity index (χ1n) is 8.48. The lowest BCUT2D eigenvalue weighted by molar-refractivity contribution is 0.564. The largest absolute Gasteiger partial charge is 0.266 e. The first-order valence-corrected chi connectivity index (χ1v) is 11.6. The van der Waals surface area contributed by atoms with Crippen LogP contribution in [0.15, 0.2) is 65.0 Å². The topological polar surface area (TPSA) is 84.4 Å². The summed E-state index contributed by atoms with van der Waals surface area (Å²) in [5.41, 5.74) is 0.976. The molecule has 6 nitrogen and oxygen atoms in total. The molecular formula is C19H22N2O4S2. The summed E-state index contributed by atoms with van der Waals surface area (Å²) in [7, 11) is -7.41. The van der Waals surface area contributed by atoms with Gasteiger partial charge < -0.3 is 0 Å². The molecule has 0 bridgehead atoms. The van der Waals surface area contributed by atoms with Crippen LogP contribution in [0.2, 0.25) is 0 Å². The van der Waals surface area contributed by atoms with Crippen LogP contribution < -0.4 is 4.31 Å². The molecule has 2 aromatic rings. The number of sulfone groups is 1. The average Bonchev–Trinajstić information content (AvgIpc) is 2.94. The van der Waals surface area contributed by atoms with Gasteiger partial charge >= 0.3 is 0 Å². The van der Waals surface area contributed by atoms with Gasteiger partial charge in [-0.05, 0) is 30.3 Å². The quantitative estimate of drug-likeness (QED) is 0.779. The number of para-hydroxylation sites is 1. The first kappa shape index (κ1) is 19.6. The molecule has 0 fully saturated rings. The predicted molar refractivity (Wildman–Crippen MR) is 106 cm³/mol. The molecule has 1 aliphatic heterocycles. The van der Waals surface area contributed by atoms with Crippen LogP contribution in [0.1, 0.15) is 26.5 Å². The molecule has 1 aliphatic rings. The molecule has 144 valence electrons. The minimum Gasteiger partial charge on any atom is -0.259 e. The monoisotopic (exact) mass is 406 g/mol. The van der Waals surface area contributed by atoms with Gasteiger partial charge in [-0.25, -0.2) is 16.8 Å². The summed E-state index contributed by atoms with van der Waals surface area (Å²) in [5.74, 6) is -0.283. The highest BCUT2D eigenvalue weighted by Gasteiger charge is 2.36. The maximum absolute atomic E-state index is 13.3. The van der Waals surface area contributed by atoms with E-state index in [1.165, 1.54) is 18.3 Å². The minimum atomic E-state index is -3.99. The second-order valence-corrected chi connectivity index (χ2v) is 11.2. The molecule has 1 aromatic carbocycles. The Morgan fingerprint density at radius 3 is 2.22 bits per heavy atom. The van der Waals surface area contributed by atoms with E-state index in [2.05, 4.69) is 4.98 Å². The van der Waals surface area contributed by atoms with Gasteiger partial charge in [0.2, 0.25) is 0 Å². The van der Waals surface area contributed by atoms with Gasteiger partial charge in [0.1, 0.15) is 4.90 Å². The van der Waals surface area contributed by atoms with Gasteiger partial charge in [-0.3, -0.25) is 9.29 Å². The minimum absolute atomic E-state index is 0.0250. The summed E-state index contributed by atoms with van der Waals surface area (Å²) in [6.45, 7) is 5.98. The summed E-state index contributed by atoms with van der Waals surface area (Å²) < 4.78 is 51.6. The van der Waals surface area contributed by atoms with Gasteiger partial charge in [-0.15, -0.1) is 0 Å². The molecule has 0 N–H and O–H groups in total. The number of aromatic nitrogens is 1. The van der Waals surface area contributed by atoms with Crippen LogP contribution in [-0.2, 0) is 25.3 Å².